The lowest BCUT2D eigenvalue weighted by atomic mass is 10.1. The molecule has 5 rings (SSSR count). The molecule has 0 saturated heterocycles. The number of benzene rings is 2. The van der Waals surface area contributed by atoms with Crippen LogP contribution in [0.15, 0.2) is 60.7 Å². The van der Waals surface area contributed by atoms with Crippen molar-refractivity contribution in [2.45, 2.75) is 45.2 Å². The summed E-state index contributed by atoms with van der Waals surface area (Å²) in [6.45, 7) is 2.61. The fourth-order valence-corrected chi connectivity index (χ4v) is 5.45. The number of carbonyl (C=O) groups excluding carboxylic acids is 2. The highest BCUT2D eigenvalue weighted by molar-refractivity contribution is 7.20. The molecule has 1 aliphatic rings. The number of amides is 2. The molecule has 2 aromatic heterocycles. The van der Waals surface area contributed by atoms with Crippen LogP contribution in [0.4, 0.5) is 5.69 Å². The third-order valence-electron chi connectivity index (χ3n) is 6.12. The van der Waals surface area contributed by atoms with Crippen LogP contribution in [0.2, 0.25) is 0 Å². The fraction of sp³-hybridized carbons (Fsp3) is 0.269. The molecule has 6 nitrogen and oxygen atoms in total. The Labute approximate surface area is 196 Å². The van der Waals surface area contributed by atoms with E-state index in [1.54, 1.807) is 12.1 Å². The van der Waals surface area contributed by atoms with Crippen LogP contribution in [-0.4, -0.2) is 27.6 Å². The number of para-hydroxylation sites is 1. The van der Waals surface area contributed by atoms with Gasteiger partial charge in [0.05, 0.1) is 28.4 Å². The van der Waals surface area contributed by atoms with Crippen LogP contribution in [0.25, 0.3) is 10.2 Å². The van der Waals surface area contributed by atoms with Crippen molar-refractivity contribution in [2.75, 3.05) is 5.32 Å². The number of aryl methyl sites for hydroxylation is 1. The molecule has 168 valence electrons. The van der Waals surface area contributed by atoms with Crippen LogP contribution < -0.4 is 10.6 Å². The largest absolute Gasteiger partial charge is 0.349 e. The van der Waals surface area contributed by atoms with Crippen molar-refractivity contribution >= 4 is 39.1 Å². The predicted molar refractivity (Wildman–Crippen MR) is 132 cm³/mol. The number of fused-ring (bicyclic) bond motifs is 1. The molecule has 2 heterocycles. The van der Waals surface area contributed by atoms with E-state index in [-0.39, 0.29) is 17.9 Å². The normalized spacial score (nSPS) is 14.0. The minimum Gasteiger partial charge on any atom is -0.349 e. The van der Waals surface area contributed by atoms with Gasteiger partial charge < -0.3 is 10.6 Å². The Balaban J connectivity index is 1.37. The summed E-state index contributed by atoms with van der Waals surface area (Å²) in [6.07, 6.45) is 4.33. The summed E-state index contributed by atoms with van der Waals surface area (Å²) < 4.78 is 1.95. The van der Waals surface area contributed by atoms with E-state index in [1.807, 2.05) is 48.0 Å². The molecule has 7 heteroatoms. The van der Waals surface area contributed by atoms with Crippen LogP contribution in [0.1, 0.15) is 57.0 Å². The van der Waals surface area contributed by atoms with Crippen molar-refractivity contribution in [3.8, 4) is 0 Å². The minimum atomic E-state index is -0.219. The number of hydrogen-bond donors (Lipinski definition) is 2. The second-order valence-corrected chi connectivity index (χ2v) is 9.54. The zero-order valence-electron chi connectivity index (χ0n) is 18.5. The van der Waals surface area contributed by atoms with Gasteiger partial charge in [-0.25, -0.2) is 0 Å². The first-order chi connectivity index (χ1) is 16.1. The Morgan fingerprint density at radius 1 is 1.03 bits per heavy atom. The standard InChI is InChI=1S/C26H26N4O2S/c1-17-21-15-23(33-26(21)30(29-17)16-18-9-3-2-4-10-18)25(32)28-22-14-8-7-13-20(22)24(31)27-19-11-5-6-12-19/h2-4,7-10,13-15,19H,5-6,11-12,16H2,1H3,(H,27,31)(H,28,32). The molecule has 1 aliphatic carbocycles. The number of carbonyl (C=O) groups is 2. The van der Waals surface area contributed by atoms with Gasteiger partial charge in [-0.15, -0.1) is 11.3 Å². The molecule has 0 unspecified atom stereocenters. The lowest BCUT2D eigenvalue weighted by Crippen LogP contribution is -2.33. The molecule has 1 fully saturated rings. The number of rotatable bonds is 6. The van der Waals surface area contributed by atoms with Gasteiger partial charge in [-0.05, 0) is 43.5 Å². The second kappa shape index (κ2) is 9.19. The second-order valence-electron chi connectivity index (χ2n) is 8.51. The van der Waals surface area contributed by atoms with Crippen molar-refractivity contribution in [3.63, 3.8) is 0 Å². The van der Waals surface area contributed by atoms with E-state index in [4.69, 9.17) is 0 Å². The molecular weight excluding hydrogens is 432 g/mol. The maximum Gasteiger partial charge on any atom is 0.265 e. The summed E-state index contributed by atoms with van der Waals surface area (Å²) in [4.78, 5) is 27.5. The number of anilines is 1. The number of nitrogens with one attached hydrogen (secondary N) is 2. The van der Waals surface area contributed by atoms with Gasteiger partial charge >= 0.3 is 0 Å². The first-order valence-electron chi connectivity index (χ1n) is 11.3. The van der Waals surface area contributed by atoms with Crippen LogP contribution in [0, 0.1) is 6.92 Å². The summed E-state index contributed by atoms with van der Waals surface area (Å²) in [7, 11) is 0. The molecule has 2 N–H and O–H groups in total. The maximum absolute atomic E-state index is 13.1. The molecule has 33 heavy (non-hydrogen) atoms. The third-order valence-corrected chi connectivity index (χ3v) is 7.26. The monoisotopic (exact) mass is 458 g/mol. The molecule has 0 aliphatic heterocycles. The Bertz CT molecular complexity index is 1300. The van der Waals surface area contributed by atoms with Crippen molar-refractivity contribution in [3.05, 3.63) is 82.4 Å². The van der Waals surface area contributed by atoms with E-state index < -0.39 is 0 Å². The summed E-state index contributed by atoms with van der Waals surface area (Å²) >= 11 is 1.42. The number of aromatic nitrogens is 2. The van der Waals surface area contributed by atoms with E-state index in [2.05, 4.69) is 27.9 Å². The fourth-order valence-electron chi connectivity index (χ4n) is 4.40. The Kier molecular flexibility index (Phi) is 5.96. The van der Waals surface area contributed by atoms with Crippen LogP contribution in [0.5, 0.6) is 0 Å². The Hall–Kier alpha value is -3.45. The van der Waals surface area contributed by atoms with Crippen molar-refractivity contribution in [1.29, 1.82) is 0 Å². The van der Waals surface area contributed by atoms with Gasteiger partial charge in [-0.2, -0.15) is 5.10 Å². The highest BCUT2D eigenvalue weighted by Crippen LogP contribution is 2.30. The summed E-state index contributed by atoms with van der Waals surface area (Å²) in [6, 6.07) is 19.4. The summed E-state index contributed by atoms with van der Waals surface area (Å²) in [5.41, 5.74) is 3.07. The van der Waals surface area contributed by atoms with Crippen LogP contribution >= 0.6 is 11.3 Å². The van der Waals surface area contributed by atoms with Gasteiger partial charge in [0.2, 0.25) is 0 Å². The highest BCUT2D eigenvalue weighted by Gasteiger charge is 2.21. The molecule has 0 bridgehead atoms. The third kappa shape index (κ3) is 4.54. The first-order valence-corrected chi connectivity index (χ1v) is 12.1. The molecule has 0 spiro atoms. The number of hydrogen-bond acceptors (Lipinski definition) is 4. The van der Waals surface area contributed by atoms with Gasteiger partial charge in [0.25, 0.3) is 11.8 Å². The maximum atomic E-state index is 13.1. The molecule has 2 amide bonds. The van der Waals surface area contributed by atoms with Gasteiger partial charge in [0.1, 0.15) is 4.83 Å². The van der Waals surface area contributed by atoms with Gasteiger partial charge in [0, 0.05) is 11.4 Å². The summed E-state index contributed by atoms with van der Waals surface area (Å²) in [5, 5.41) is 11.7. The average molecular weight is 459 g/mol. The molecule has 0 radical (unpaired) electrons. The lowest BCUT2D eigenvalue weighted by molar-refractivity contribution is 0.0938. The van der Waals surface area contributed by atoms with E-state index in [9.17, 15) is 9.59 Å². The Morgan fingerprint density at radius 2 is 1.76 bits per heavy atom. The highest BCUT2D eigenvalue weighted by atomic mass is 32.1. The van der Waals surface area contributed by atoms with Crippen LogP contribution in [0.3, 0.4) is 0 Å². The van der Waals surface area contributed by atoms with Gasteiger partial charge in [0.15, 0.2) is 0 Å². The average Bonchev–Trinajstić information content (AvgIpc) is 3.55. The quantitative estimate of drug-likeness (QED) is 0.407. The molecule has 0 atom stereocenters. The van der Waals surface area contributed by atoms with Crippen molar-refractivity contribution in [2.24, 2.45) is 0 Å². The topological polar surface area (TPSA) is 76.0 Å². The smallest absolute Gasteiger partial charge is 0.265 e. The molecule has 2 aromatic carbocycles. The molecule has 4 aromatic rings. The molecular formula is C26H26N4O2S. The van der Waals surface area contributed by atoms with Gasteiger partial charge in [-0.1, -0.05) is 55.3 Å². The van der Waals surface area contributed by atoms with E-state index in [1.165, 1.54) is 11.3 Å². The number of nitrogens with zero attached hydrogens (tertiary/aromatic N) is 2. The van der Waals surface area contributed by atoms with E-state index >= 15 is 0 Å². The molecule has 1 saturated carbocycles. The van der Waals surface area contributed by atoms with E-state index in [0.29, 0.717) is 22.7 Å². The summed E-state index contributed by atoms with van der Waals surface area (Å²) in [5.74, 6) is -0.355. The lowest BCUT2D eigenvalue weighted by Gasteiger charge is -2.14. The zero-order chi connectivity index (χ0) is 22.8. The van der Waals surface area contributed by atoms with Crippen molar-refractivity contribution in [1.82, 2.24) is 15.1 Å². The zero-order valence-corrected chi connectivity index (χ0v) is 19.3. The van der Waals surface area contributed by atoms with Crippen LogP contribution in [-0.2, 0) is 6.54 Å². The predicted octanol–water partition coefficient (Wildman–Crippen LogP) is 5.38. The minimum absolute atomic E-state index is 0.136. The van der Waals surface area contributed by atoms with E-state index in [0.717, 1.165) is 47.2 Å². The van der Waals surface area contributed by atoms with Gasteiger partial charge in [-0.3, -0.25) is 14.3 Å². The Morgan fingerprint density at radius 3 is 2.55 bits per heavy atom. The van der Waals surface area contributed by atoms with Crippen molar-refractivity contribution < 1.29 is 9.59 Å². The number of thiophene rings is 1. The SMILES string of the molecule is Cc1nn(Cc2ccccc2)c2sc(C(=O)Nc3ccccc3C(=O)NC3CCCC3)cc12. The first kappa shape index (κ1) is 21.4.